The standard InChI is InChI=1S/C17H20F3N3O/c1-11-5-6-14(9-12(11)2)16(24)21-7-4-8-23-13(3)10-15(22-23)17(18,19)20/h5-6,9-10H,4,7-8H2,1-3H3,(H,21,24). The van der Waals surface area contributed by atoms with Crippen molar-refractivity contribution in [2.75, 3.05) is 6.54 Å². The van der Waals surface area contributed by atoms with Gasteiger partial charge in [-0.1, -0.05) is 6.07 Å². The maximum atomic E-state index is 12.6. The van der Waals surface area contributed by atoms with E-state index in [1.807, 2.05) is 26.0 Å². The number of carbonyl (C=O) groups is 1. The van der Waals surface area contributed by atoms with E-state index >= 15 is 0 Å². The van der Waals surface area contributed by atoms with Crippen LogP contribution in [-0.2, 0) is 12.7 Å². The average molecular weight is 339 g/mol. The highest BCUT2D eigenvalue weighted by Crippen LogP contribution is 2.28. The normalized spacial score (nSPS) is 11.6. The third-order valence-corrected chi connectivity index (χ3v) is 3.87. The van der Waals surface area contributed by atoms with Gasteiger partial charge in [0.15, 0.2) is 5.69 Å². The summed E-state index contributed by atoms with van der Waals surface area (Å²) in [5.74, 6) is -0.189. The van der Waals surface area contributed by atoms with E-state index in [0.29, 0.717) is 30.8 Å². The molecule has 0 unspecified atom stereocenters. The molecule has 2 aromatic rings. The molecule has 0 atom stereocenters. The van der Waals surface area contributed by atoms with Gasteiger partial charge in [0.05, 0.1) is 0 Å². The van der Waals surface area contributed by atoms with E-state index in [-0.39, 0.29) is 5.91 Å². The van der Waals surface area contributed by atoms with Gasteiger partial charge in [-0.15, -0.1) is 0 Å². The number of alkyl halides is 3. The molecule has 0 spiro atoms. The number of halogens is 3. The number of benzene rings is 1. The van der Waals surface area contributed by atoms with E-state index in [1.54, 1.807) is 13.0 Å². The number of amides is 1. The lowest BCUT2D eigenvalue weighted by Gasteiger charge is -2.08. The van der Waals surface area contributed by atoms with Gasteiger partial charge in [0.25, 0.3) is 5.91 Å². The Bertz CT molecular complexity index is 735. The predicted molar refractivity (Wildman–Crippen MR) is 84.8 cm³/mol. The molecule has 0 fully saturated rings. The van der Waals surface area contributed by atoms with Crippen molar-refractivity contribution in [3.05, 3.63) is 52.3 Å². The first-order chi connectivity index (χ1) is 11.2. The monoisotopic (exact) mass is 339 g/mol. The van der Waals surface area contributed by atoms with E-state index in [1.165, 1.54) is 4.68 Å². The summed E-state index contributed by atoms with van der Waals surface area (Å²) >= 11 is 0. The van der Waals surface area contributed by atoms with E-state index in [0.717, 1.165) is 17.2 Å². The molecule has 7 heteroatoms. The van der Waals surface area contributed by atoms with E-state index in [2.05, 4.69) is 10.4 Å². The van der Waals surface area contributed by atoms with Crippen LogP contribution in [0.15, 0.2) is 24.3 Å². The highest BCUT2D eigenvalue weighted by atomic mass is 19.4. The van der Waals surface area contributed by atoms with Gasteiger partial charge in [-0.25, -0.2) is 0 Å². The number of rotatable bonds is 5. The van der Waals surface area contributed by atoms with Crippen molar-refractivity contribution in [2.45, 2.75) is 39.9 Å². The smallest absolute Gasteiger partial charge is 0.352 e. The van der Waals surface area contributed by atoms with E-state index in [9.17, 15) is 18.0 Å². The maximum Gasteiger partial charge on any atom is 0.435 e. The predicted octanol–water partition coefficient (Wildman–Crippen LogP) is 3.65. The second kappa shape index (κ2) is 7.07. The third-order valence-electron chi connectivity index (χ3n) is 3.87. The molecule has 0 saturated heterocycles. The zero-order chi connectivity index (χ0) is 17.9. The van der Waals surface area contributed by atoms with Gasteiger partial charge in [-0.05, 0) is 56.5 Å². The van der Waals surface area contributed by atoms with E-state index < -0.39 is 11.9 Å². The van der Waals surface area contributed by atoms with Crippen LogP contribution in [0.1, 0.15) is 39.3 Å². The SMILES string of the molecule is Cc1ccc(C(=O)NCCCn2nc(C(F)(F)F)cc2C)cc1C. The minimum absolute atomic E-state index is 0.189. The van der Waals surface area contributed by atoms with Crippen LogP contribution < -0.4 is 5.32 Å². The lowest BCUT2D eigenvalue weighted by atomic mass is 10.1. The summed E-state index contributed by atoms with van der Waals surface area (Å²) in [4.78, 5) is 12.0. The van der Waals surface area contributed by atoms with E-state index in [4.69, 9.17) is 0 Å². The van der Waals surface area contributed by atoms with Crippen LogP contribution in [0.4, 0.5) is 13.2 Å². The molecule has 4 nitrogen and oxygen atoms in total. The zero-order valence-corrected chi connectivity index (χ0v) is 13.9. The van der Waals surface area contributed by atoms with Crippen LogP contribution >= 0.6 is 0 Å². The molecule has 0 bridgehead atoms. The summed E-state index contributed by atoms with van der Waals surface area (Å²) in [7, 11) is 0. The van der Waals surface area contributed by atoms with Crippen molar-refractivity contribution in [1.82, 2.24) is 15.1 Å². The Morgan fingerprint density at radius 2 is 1.88 bits per heavy atom. The fourth-order valence-corrected chi connectivity index (χ4v) is 2.29. The zero-order valence-electron chi connectivity index (χ0n) is 13.9. The Hall–Kier alpha value is -2.31. The molecule has 2 rings (SSSR count). The van der Waals surface area contributed by atoms with Gasteiger partial charge in [-0.2, -0.15) is 18.3 Å². The lowest BCUT2D eigenvalue weighted by Crippen LogP contribution is -2.25. The van der Waals surface area contributed by atoms with Crippen molar-refractivity contribution < 1.29 is 18.0 Å². The minimum atomic E-state index is -4.44. The van der Waals surface area contributed by atoms with Gasteiger partial charge in [-0.3, -0.25) is 9.48 Å². The van der Waals surface area contributed by atoms with Crippen molar-refractivity contribution in [3.63, 3.8) is 0 Å². The molecule has 24 heavy (non-hydrogen) atoms. The highest BCUT2D eigenvalue weighted by molar-refractivity contribution is 5.94. The second-order valence-corrected chi connectivity index (χ2v) is 5.80. The third kappa shape index (κ3) is 4.37. The molecular formula is C17H20F3N3O. The molecule has 1 aromatic carbocycles. The van der Waals surface area contributed by atoms with Gasteiger partial charge in [0, 0.05) is 24.3 Å². The molecule has 0 radical (unpaired) electrons. The fourth-order valence-electron chi connectivity index (χ4n) is 2.29. The number of nitrogens with one attached hydrogen (secondary N) is 1. The Morgan fingerprint density at radius 1 is 1.17 bits per heavy atom. The molecular weight excluding hydrogens is 319 g/mol. The number of nitrogens with zero attached hydrogens (tertiary/aromatic N) is 2. The van der Waals surface area contributed by atoms with Crippen molar-refractivity contribution in [1.29, 1.82) is 0 Å². The topological polar surface area (TPSA) is 46.9 Å². The average Bonchev–Trinajstić information content (AvgIpc) is 2.87. The second-order valence-electron chi connectivity index (χ2n) is 5.80. The summed E-state index contributed by atoms with van der Waals surface area (Å²) in [6.07, 6.45) is -3.94. The van der Waals surface area contributed by atoms with Gasteiger partial charge < -0.3 is 5.32 Å². The Labute approximate surface area is 138 Å². The number of carbonyl (C=O) groups excluding carboxylic acids is 1. The molecule has 0 aliphatic carbocycles. The summed E-state index contributed by atoms with van der Waals surface area (Å²) in [6, 6.07) is 6.48. The summed E-state index contributed by atoms with van der Waals surface area (Å²) in [6.45, 7) is 6.17. The Kier molecular flexibility index (Phi) is 5.31. The first kappa shape index (κ1) is 18.0. The molecule has 0 aliphatic rings. The molecule has 1 N–H and O–H groups in total. The van der Waals surface area contributed by atoms with Gasteiger partial charge in [0.1, 0.15) is 0 Å². The molecule has 1 heterocycles. The van der Waals surface area contributed by atoms with Gasteiger partial charge >= 0.3 is 6.18 Å². The van der Waals surface area contributed by atoms with Crippen LogP contribution in [0.5, 0.6) is 0 Å². The molecule has 1 amide bonds. The van der Waals surface area contributed by atoms with Gasteiger partial charge in [0.2, 0.25) is 0 Å². The van der Waals surface area contributed by atoms with Crippen molar-refractivity contribution in [2.24, 2.45) is 0 Å². The lowest BCUT2D eigenvalue weighted by molar-refractivity contribution is -0.141. The van der Waals surface area contributed by atoms with Crippen LogP contribution in [-0.4, -0.2) is 22.2 Å². The largest absolute Gasteiger partial charge is 0.435 e. The summed E-state index contributed by atoms with van der Waals surface area (Å²) in [5.41, 5.74) is 2.28. The molecule has 130 valence electrons. The summed E-state index contributed by atoms with van der Waals surface area (Å²) < 4.78 is 39.1. The molecule has 1 aromatic heterocycles. The number of hydrogen-bond donors (Lipinski definition) is 1. The highest BCUT2D eigenvalue weighted by Gasteiger charge is 2.34. The maximum absolute atomic E-state index is 12.6. The Balaban J connectivity index is 1.85. The van der Waals surface area contributed by atoms with Crippen molar-refractivity contribution >= 4 is 5.91 Å². The Morgan fingerprint density at radius 3 is 2.46 bits per heavy atom. The van der Waals surface area contributed by atoms with Crippen LogP contribution in [0.3, 0.4) is 0 Å². The summed E-state index contributed by atoms with van der Waals surface area (Å²) in [5, 5.41) is 6.33. The fraction of sp³-hybridized carbons (Fsp3) is 0.412. The van der Waals surface area contributed by atoms with Crippen molar-refractivity contribution in [3.8, 4) is 0 Å². The number of aromatic nitrogens is 2. The molecule has 0 aliphatic heterocycles. The van der Waals surface area contributed by atoms with Crippen LogP contribution in [0.2, 0.25) is 0 Å². The van der Waals surface area contributed by atoms with Crippen LogP contribution in [0, 0.1) is 20.8 Å². The van der Waals surface area contributed by atoms with Crippen LogP contribution in [0.25, 0.3) is 0 Å². The number of aryl methyl sites for hydroxylation is 4. The minimum Gasteiger partial charge on any atom is -0.352 e. The number of hydrogen-bond acceptors (Lipinski definition) is 2. The molecule has 0 saturated carbocycles. The first-order valence-corrected chi connectivity index (χ1v) is 7.65. The first-order valence-electron chi connectivity index (χ1n) is 7.65. The quantitative estimate of drug-likeness (QED) is 0.845.